The number of aryl methyl sites for hydroxylation is 1. The molecule has 0 atom stereocenters. The molecule has 0 spiro atoms. The van der Waals surface area contributed by atoms with Crippen molar-refractivity contribution in [2.45, 2.75) is 70.1 Å². The Bertz CT molecular complexity index is 635. The van der Waals surface area contributed by atoms with Crippen LogP contribution in [-0.2, 0) is 15.0 Å². The molecule has 1 saturated carbocycles. The third kappa shape index (κ3) is 4.28. The van der Waals surface area contributed by atoms with Crippen molar-refractivity contribution in [1.82, 2.24) is 10.2 Å². The van der Waals surface area contributed by atoms with E-state index in [0.29, 0.717) is 19.5 Å². The zero-order valence-corrected chi connectivity index (χ0v) is 16.1. The highest BCUT2D eigenvalue weighted by Crippen LogP contribution is 2.40. The Kier molecular flexibility index (Phi) is 6.33. The molecule has 1 N–H and O–H groups in total. The number of rotatable bonds is 5. The Balaban J connectivity index is 1.65. The topological polar surface area (TPSA) is 49.4 Å². The first-order valence-electron chi connectivity index (χ1n) is 10.2. The fourth-order valence-corrected chi connectivity index (χ4v) is 4.49. The Labute approximate surface area is 157 Å². The van der Waals surface area contributed by atoms with Crippen LogP contribution in [0.15, 0.2) is 24.3 Å². The third-order valence-corrected chi connectivity index (χ3v) is 6.05. The van der Waals surface area contributed by atoms with Crippen molar-refractivity contribution in [2.75, 3.05) is 19.6 Å². The maximum absolute atomic E-state index is 13.2. The van der Waals surface area contributed by atoms with Crippen molar-refractivity contribution >= 4 is 11.8 Å². The number of hydrogen-bond acceptors (Lipinski definition) is 2. The second-order valence-corrected chi connectivity index (χ2v) is 7.96. The maximum atomic E-state index is 13.2. The Hall–Kier alpha value is -1.84. The van der Waals surface area contributed by atoms with Crippen molar-refractivity contribution in [3.8, 4) is 0 Å². The average molecular weight is 357 g/mol. The fraction of sp³-hybridized carbons (Fsp3) is 0.636. The summed E-state index contributed by atoms with van der Waals surface area (Å²) in [6, 6.07) is 8.42. The molecule has 1 aliphatic carbocycles. The number of nitrogens with zero attached hydrogens (tertiary/aromatic N) is 1. The van der Waals surface area contributed by atoms with Gasteiger partial charge in [-0.05, 0) is 38.2 Å². The molecule has 1 aliphatic heterocycles. The van der Waals surface area contributed by atoms with Crippen LogP contribution in [0, 0.1) is 6.92 Å². The van der Waals surface area contributed by atoms with Gasteiger partial charge in [-0.1, -0.05) is 55.5 Å². The normalized spacial score (nSPS) is 20.5. The van der Waals surface area contributed by atoms with Crippen LogP contribution in [0.3, 0.4) is 0 Å². The highest BCUT2D eigenvalue weighted by atomic mass is 16.2. The van der Waals surface area contributed by atoms with Crippen LogP contribution < -0.4 is 5.32 Å². The predicted molar refractivity (Wildman–Crippen MR) is 104 cm³/mol. The minimum absolute atomic E-state index is 0.144. The van der Waals surface area contributed by atoms with Crippen molar-refractivity contribution < 1.29 is 9.59 Å². The van der Waals surface area contributed by atoms with Gasteiger partial charge in [0.1, 0.15) is 0 Å². The van der Waals surface area contributed by atoms with Crippen LogP contribution in [0.5, 0.6) is 0 Å². The smallest absolute Gasteiger partial charge is 0.230 e. The van der Waals surface area contributed by atoms with Gasteiger partial charge in [-0.25, -0.2) is 0 Å². The largest absolute Gasteiger partial charge is 0.354 e. The van der Waals surface area contributed by atoms with E-state index in [9.17, 15) is 9.59 Å². The molecule has 2 aliphatic rings. The molecule has 26 heavy (non-hydrogen) atoms. The molecule has 0 unspecified atom stereocenters. The zero-order valence-electron chi connectivity index (χ0n) is 16.1. The summed E-state index contributed by atoms with van der Waals surface area (Å²) in [4.78, 5) is 27.3. The van der Waals surface area contributed by atoms with Gasteiger partial charge < -0.3 is 10.2 Å². The van der Waals surface area contributed by atoms with Crippen LogP contribution in [0.1, 0.15) is 68.9 Å². The third-order valence-electron chi connectivity index (χ3n) is 6.05. The summed E-state index contributed by atoms with van der Waals surface area (Å²) in [5, 5.41) is 3.17. The van der Waals surface area contributed by atoms with Crippen molar-refractivity contribution in [1.29, 1.82) is 0 Å². The van der Waals surface area contributed by atoms with Gasteiger partial charge >= 0.3 is 0 Å². The lowest BCUT2D eigenvalue weighted by Crippen LogP contribution is -2.48. The number of likely N-dealkylation sites (tertiary alicyclic amines) is 1. The summed E-state index contributed by atoms with van der Waals surface area (Å²) >= 11 is 0. The van der Waals surface area contributed by atoms with Crippen LogP contribution in [0.25, 0.3) is 0 Å². The number of carbonyl (C=O) groups excluding carboxylic acids is 2. The van der Waals surface area contributed by atoms with Crippen molar-refractivity contribution in [2.24, 2.45) is 0 Å². The summed E-state index contributed by atoms with van der Waals surface area (Å²) in [5.74, 6) is 0.382. The average Bonchev–Trinajstić information content (AvgIpc) is 2.86. The first kappa shape index (κ1) is 18.9. The molecular formula is C22H32N2O2. The van der Waals surface area contributed by atoms with Crippen molar-refractivity contribution in [3.63, 3.8) is 0 Å². The first-order chi connectivity index (χ1) is 12.6. The highest BCUT2D eigenvalue weighted by molar-refractivity contribution is 5.88. The van der Waals surface area contributed by atoms with Crippen LogP contribution >= 0.6 is 0 Å². The van der Waals surface area contributed by atoms with E-state index in [-0.39, 0.29) is 11.8 Å². The minimum atomic E-state index is -0.396. The number of carbonyl (C=O) groups is 2. The van der Waals surface area contributed by atoms with Crippen LogP contribution in [0.4, 0.5) is 0 Å². The standard InChI is InChI=1S/C22H32N2O2/c1-18-9-8-10-19(17-18)22(12-5-3-6-13-22)21(26)23-14-16-24-15-7-2-4-11-20(24)25/h8-10,17H,2-7,11-16H2,1H3,(H,23,26). The summed E-state index contributed by atoms with van der Waals surface area (Å²) < 4.78 is 0. The number of nitrogens with one attached hydrogen (secondary N) is 1. The molecule has 1 heterocycles. The zero-order chi connectivity index (χ0) is 18.4. The Morgan fingerprint density at radius 2 is 1.88 bits per heavy atom. The predicted octanol–water partition coefficient (Wildman–Crippen LogP) is 3.72. The molecule has 4 nitrogen and oxygen atoms in total. The van der Waals surface area contributed by atoms with Crippen molar-refractivity contribution in [3.05, 3.63) is 35.4 Å². The quantitative estimate of drug-likeness (QED) is 0.874. The van der Waals surface area contributed by atoms with Gasteiger partial charge in [-0.3, -0.25) is 9.59 Å². The second kappa shape index (κ2) is 8.70. The Morgan fingerprint density at radius 1 is 1.12 bits per heavy atom. The van der Waals surface area contributed by atoms with E-state index in [0.717, 1.165) is 57.1 Å². The van der Waals surface area contributed by atoms with E-state index in [2.05, 4.69) is 36.5 Å². The fourth-order valence-electron chi connectivity index (χ4n) is 4.49. The first-order valence-corrected chi connectivity index (χ1v) is 10.2. The molecule has 2 fully saturated rings. The molecule has 2 amide bonds. The van der Waals surface area contributed by atoms with Gasteiger partial charge in [-0.15, -0.1) is 0 Å². The summed E-state index contributed by atoms with van der Waals surface area (Å²) in [7, 11) is 0. The van der Waals surface area contributed by atoms with Gasteiger partial charge in [0.15, 0.2) is 0 Å². The SMILES string of the molecule is Cc1cccc(C2(C(=O)NCCN3CCCCCC3=O)CCCCC2)c1. The molecular weight excluding hydrogens is 324 g/mol. The second-order valence-electron chi connectivity index (χ2n) is 7.96. The molecule has 0 bridgehead atoms. The number of hydrogen-bond donors (Lipinski definition) is 1. The number of amides is 2. The van der Waals surface area contributed by atoms with Gasteiger partial charge in [0, 0.05) is 26.1 Å². The van der Waals surface area contributed by atoms with Crippen LogP contribution in [0.2, 0.25) is 0 Å². The highest BCUT2D eigenvalue weighted by Gasteiger charge is 2.40. The summed E-state index contributed by atoms with van der Waals surface area (Å²) in [6.45, 7) is 4.10. The van der Waals surface area contributed by atoms with Gasteiger partial charge in [0.2, 0.25) is 11.8 Å². The lowest BCUT2D eigenvalue weighted by molar-refractivity contribution is -0.132. The maximum Gasteiger partial charge on any atom is 0.230 e. The van der Waals surface area contributed by atoms with Gasteiger partial charge in [0.25, 0.3) is 0 Å². The lowest BCUT2D eigenvalue weighted by atomic mass is 9.68. The minimum Gasteiger partial charge on any atom is -0.354 e. The summed E-state index contributed by atoms with van der Waals surface area (Å²) in [5.41, 5.74) is 1.96. The molecule has 0 radical (unpaired) electrons. The summed E-state index contributed by atoms with van der Waals surface area (Å²) in [6.07, 6.45) is 9.12. The van der Waals surface area contributed by atoms with Crippen LogP contribution in [-0.4, -0.2) is 36.3 Å². The van der Waals surface area contributed by atoms with E-state index in [4.69, 9.17) is 0 Å². The molecule has 0 aromatic heterocycles. The van der Waals surface area contributed by atoms with E-state index in [1.807, 2.05) is 4.90 Å². The van der Waals surface area contributed by atoms with Gasteiger partial charge in [-0.2, -0.15) is 0 Å². The molecule has 1 aromatic rings. The van der Waals surface area contributed by atoms with E-state index in [1.165, 1.54) is 12.0 Å². The van der Waals surface area contributed by atoms with E-state index < -0.39 is 5.41 Å². The van der Waals surface area contributed by atoms with E-state index >= 15 is 0 Å². The molecule has 4 heteroatoms. The van der Waals surface area contributed by atoms with E-state index in [1.54, 1.807) is 0 Å². The monoisotopic (exact) mass is 356 g/mol. The molecule has 1 aromatic carbocycles. The molecule has 1 saturated heterocycles. The Morgan fingerprint density at radius 3 is 2.65 bits per heavy atom. The number of benzene rings is 1. The van der Waals surface area contributed by atoms with Gasteiger partial charge in [0.05, 0.1) is 5.41 Å². The molecule has 142 valence electrons. The lowest BCUT2D eigenvalue weighted by Gasteiger charge is -2.37. The molecule has 3 rings (SSSR count).